The lowest BCUT2D eigenvalue weighted by atomic mass is 9.99. The van der Waals surface area contributed by atoms with Crippen molar-refractivity contribution >= 4 is 40.7 Å². The molecule has 1 atom stereocenters. The number of rotatable bonds is 6. The topological polar surface area (TPSA) is 105 Å². The van der Waals surface area contributed by atoms with Crippen LogP contribution in [0.25, 0.3) is 0 Å². The van der Waals surface area contributed by atoms with Gasteiger partial charge in [0.25, 0.3) is 5.91 Å². The Morgan fingerprint density at radius 1 is 1.03 bits per heavy atom. The van der Waals surface area contributed by atoms with Crippen molar-refractivity contribution in [2.75, 3.05) is 11.9 Å². The zero-order valence-corrected chi connectivity index (χ0v) is 19.3. The van der Waals surface area contributed by atoms with E-state index in [-0.39, 0.29) is 18.2 Å². The maximum absolute atomic E-state index is 13.2. The van der Waals surface area contributed by atoms with Gasteiger partial charge in [-0.1, -0.05) is 54.1 Å². The Balaban J connectivity index is 1.63. The number of nitrogens with one attached hydrogen (secondary N) is 1. The molecule has 0 aromatic heterocycles. The van der Waals surface area contributed by atoms with Crippen LogP contribution >= 0.6 is 11.6 Å². The molecule has 8 heteroatoms. The van der Waals surface area contributed by atoms with Crippen molar-refractivity contribution < 1.29 is 14.4 Å². The number of carbonyl (C=O) groups is 3. The molecular weight excluding hydrogens is 452 g/mol. The second kappa shape index (κ2) is 9.89. The van der Waals surface area contributed by atoms with Crippen LogP contribution in [0.2, 0.25) is 5.02 Å². The summed E-state index contributed by atoms with van der Waals surface area (Å²) in [6.07, 6.45) is -0.397. The van der Waals surface area contributed by atoms with E-state index in [1.54, 1.807) is 43.4 Å². The SMILES string of the molecule is CN1C(=O)C(NC(=O)CCc2ccc(Cl)cc2)N=C(c2ccc(C(N)=O)cc2)c2ccccc21. The number of amides is 3. The van der Waals surface area contributed by atoms with E-state index in [0.717, 1.165) is 11.1 Å². The summed E-state index contributed by atoms with van der Waals surface area (Å²) in [5.41, 5.74) is 9.33. The minimum atomic E-state index is -1.10. The molecule has 0 bridgehead atoms. The minimum Gasteiger partial charge on any atom is -0.366 e. The average molecular weight is 475 g/mol. The highest BCUT2D eigenvalue weighted by Gasteiger charge is 2.30. The van der Waals surface area contributed by atoms with Crippen LogP contribution in [0.1, 0.15) is 33.5 Å². The van der Waals surface area contributed by atoms with Gasteiger partial charge in [-0.05, 0) is 42.3 Å². The first kappa shape index (κ1) is 23.2. The van der Waals surface area contributed by atoms with E-state index in [2.05, 4.69) is 10.3 Å². The van der Waals surface area contributed by atoms with Crippen molar-refractivity contribution in [2.24, 2.45) is 10.7 Å². The molecule has 0 saturated heterocycles. The van der Waals surface area contributed by atoms with Gasteiger partial charge in [0, 0.05) is 35.2 Å². The summed E-state index contributed by atoms with van der Waals surface area (Å²) >= 11 is 5.92. The van der Waals surface area contributed by atoms with Gasteiger partial charge in [-0.3, -0.25) is 14.4 Å². The van der Waals surface area contributed by atoms with Gasteiger partial charge in [0.05, 0.1) is 11.4 Å². The van der Waals surface area contributed by atoms with E-state index in [1.165, 1.54) is 4.90 Å². The zero-order chi connectivity index (χ0) is 24.2. The van der Waals surface area contributed by atoms with Gasteiger partial charge < -0.3 is 16.0 Å². The molecule has 0 aliphatic carbocycles. The third kappa shape index (κ3) is 5.00. The number of likely N-dealkylation sites (N-methyl/N-ethyl adjacent to an activating group) is 1. The van der Waals surface area contributed by atoms with Crippen molar-refractivity contribution in [3.05, 3.63) is 100 Å². The lowest BCUT2D eigenvalue weighted by Crippen LogP contribution is -2.46. The van der Waals surface area contributed by atoms with Gasteiger partial charge >= 0.3 is 0 Å². The Morgan fingerprint density at radius 2 is 1.71 bits per heavy atom. The van der Waals surface area contributed by atoms with Crippen LogP contribution in [0.4, 0.5) is 5.69 Å². The van der Waals surface area contributed by atoms with Gasteiger partial charge in [-0.25, -0.2) is 4.99 Å². The summed E-state index contributed by atoms with van der Waals surface area (Å²) < 4.78 is 0. The predicted octanol–water partition coefficient (Wildman–Crippen LogP) is 3.33. The Morgan fingerprint density at radius 3 is 2.38 bits per heavy atom. The highest BCUT2D eigenvalue weighted by Crippen LogP contribution is 2.27. The van der Waals surface area contributed by atoms with Gasteiger partial charge in [0.2, 0.25) is 18.0 Å². The molecule has 172 valence electrons. The summed E-state index contributed by atoms with van der Waals surface area (Å²) in [5, 5.41) is 3.40. The van der Waals surface area contributed by atoms with E-state index in [4.69, 9.17) is 17.3 Å². The number of para-hydroxylation sites is 1. The highest BCUT2D eigenvalue weighted by molar-refractivity contribution is 6.30. The molecular formula is C26H23ClN4O3. The van der Waals surface area contributed by atoms with Crippen molar-refractivity contribution in [3.63, 3.8) is 0 Å². The van der Waals surface area contributed by atoms with E-state index in [9.17, 15) is 14.4 Å². The fourth-order valence-corrected chi connectivity index (χ4v) is 3.90. The first-order chi connectivity index (χ1) is 16.3. The number of anilines is 1. The van der Waals surface area contributed by atoms with Gasteiger partial charge in [-0.15, -0.1) is 0 Å². The number of halogens is 1. The van der Waals surface area contributed by atoms with Crippen LogP contribution in [-0.4, -0.2) is 36.6 Å². The number of carbonyl (C=O) groups excluding carboxylic acids is 3. The number of aliphatic imine (C=N–C) groups is 1. The second-order valence-electron chi connectivity index (χ2n) is 7.93. The number of benzene rings is 3. The van der Waals surface area contributed by atoms with Gasteiger partial charge in [0.15, 0.2) is 0 Å². The van der Waals surface area contributed by atoms with Crippen LogP contribution in [0.15, 0.2) is 77.8 Å². The summed E-state index contributed by atoms with van der Waals surface area (Å²) in [4.78, 5) is 43.5. The molecule has 1 aliphatic heterocycles. The molecule has 4 rings (SSSR count). The number of benzodiazepines with no additional fused rings is 1. The lowest BCUT2D eigenvalue weighted by Gasteiger charge is -2.20. The number of nitrogens with zero attached hydrogens (tertiary/aromatic N) is 2. The molecule has 3 N–H and O–H groups in total. The zero-order valence-electron chi connectivity index (χ0n) is 18.5. The average Bonchev–Trinajstić information content (AvgIpc) is 2.94. The molecule has 3 amide bonds. The monoisotopic (exact) mass is 474 g/mol. The van der Waals surface area contributed by atoms with E-state index in [0.29, 0.717) is 34.0 Å². The molecule has 34 heavy (non-hydrogen) atoms. The van der Waals surface area contributed by atoms with Crippen molar-refractivity contribution in [2.45, 2.75) is 19.0 Å². The largest absolute Gasteiger partial charge is 0.366 e. The van der Waals surface area contributed by atoms with Gasteiger partial charge in [0.1, 0.15) is 0 Å². The number of hydrogen-bond acceptors (Lipinski definition) is 4. The number of fused-ring (bicyclic) bond motifs is 1. The fourth-order valence-electron chi connectivity index (χ4n) is 3.77. The third-order valence-electron chi connectivity index (χ3n) is 5.64. The normalized spacial score (nSPS) is 15.2. The number of hydrogen-bond donors (Lipinski definition) is 2. The van der Waals surface area contributed by atoms with Crippen molar-refractivity contribution in [1.82, 2.24) is 5.32 Å². The molecule has 3 aromatic carbocycles. The minimum absolute atomic E-state index is 0.195. The first-order valence-electron chi connectivity index (χ1n) is 10.7. The number of primary amides is 1. The van der Waals surface area contributed by atoms with E-state index in [1.807, 2.05) is 36.4 Å². The molecule has 1 aliphatic rings. The van der Waals surface area contributed by atoms with Crippen molar-refractivity contribution in [3.8, 4) is 0 Å². The molecule has 3 aromatic rings. The van der Waals surface area contributed by atoms with Gasteiger partial charge in [-0.2, -0.15) is 0 Å². The molecule has 0 fully saturated rings. The maximum atomic E-state index is 13.2. The molecule has 7 nitrogen and oxygen atoms in total. The summed E-state index contributed by atoms with van der Waals surface area (Å²) in [5.74, 6) is -1.17. The summed E-state index contributed by atoms with van der Waals surface area (Å²) in [6, 6.07) is 21.3. The van der Waals surface area contributed by atoms with Crippen LogP contribution in [0, 0.1) is 0 Å². The Labute approximate surface area is 202 Å². The quantitative estimate of drug-likeness (QED) is 0.572. The second-order valence-corrected chi connectivity index (χ2v) is 8.37. The molecule has 0 radical (unpaired) electrons. The van der Waals surface area contributed by atoms with Crippen LogP contribution < -0.4 is 16.0 Å². The molecule has 0 saturated carbocycles. The summed E-state index contributed by atoms with van der Waals surface area (Å²) in [6.45, 7) is 0. The molecule has 1 unspecified atom stereocenters. The fraction of sp³-hybridized carbons (Fsp3) is 0.154. The number of nitrogens with two attached hydrogens (primary N) is 1. The van der Waals surface area contributed by atoms with Crippen LogP contribution in [0.5, 0.6) is 0 Å². The maximum Gasteiger partial charge on any atom is 0.272 e. The van der Waals surface area contributed by atoms with Crippen LogP contribution in [-0.2, 0) is 16.0 Å². The predicted molar refractivity (Wildman–Crippen MR) is 132 cm³/mol. The van der Waals surface area contributed by atoms with Crippen LogP contribution in [0.3, 0.4) is 0 Å². The molecule has 0 spiro atoms. The lowest BCUT2D eigenvalue weighted by molar-refractivity contribution is -0.127. The number of aryl methyl sites for hydroxylation is 1. The van der Waals surface area contributed by atoms with E-state index >= 15 is 0 Å². The Bertz CT molecular complexity index is 1270. The Kier molecular flexibility index (Phi) is 6.75. The first-order valence-corrected chi connectivity index (χ1v) is 11.1. The summed E-state index contributed by atoms with van der Waals surface area (Å²) in [7, 11) is 1.66. The highest BCUT2D eigenvalue weighted by atomic mass is 35.5. The standard InChI is InChI=1S/C26H23ClN4O3/c1-31-21-5-3-2-4-20(21)23(17-9-11-18(12-10-17)24(28)33)30-25(26(31)34)29-22(32)15-8-16-6-13-19(27)14-7-16/h2-7,9-14,25H,8,15H2,1H3,(H2,28,33)(H,29,32). The smallest absolute Gasteiger partial charge is 0.272 e. The third-order valence-corrected chi connectivity index (χ3v) is 5.89. The van der Waals surface area contributed by atoms with E-state index < -0.39 is 12.1 Å². The molecule has 1 heterocycles. The Hall–Kier alpha value is -3.97. The van der Waals surface area contributed by atoms with Crippen molar-refractivity contribution in [1.29, 1.82) is 0 Å².